The number of alkyl halides is 3. The lowest BCUT2D eigenvalue weighted by Crippen LogP contribution is -2.37. The fourth-order valence-electron chi connectivity index (χ4n) is 4.79. The number of aliphatic carboxylic acids is 1. The topological polar surface area (TPSA) is 137 Å². The molecule has 228 valence electrons. The molecule has 8 nitrogen and oxygen atoms in total. The molecule has 0 saturated carbocycles. The van der Waals surface area contributed by atoms with Gasteiger partial charge in [0.15, 0.2) is 0 Å². The first-order valence-corrected chi connectivity index (χ1v) is 13.7. The maximum atomic E-state index is 13.2. The zero-order valence-corrected chi connectivity index (χ0v) is 23.9. The number of anilines is 1. The second-order valence-corrected chi connectivity index (χ2v) is 10.3. The second-order valence-electron chi connectivity index (χ2n) is 10.3. The van der Waals surface area contributed by atoms with Crippen LogP contribution in [0.5, 0.6) is 0 Å². The Balaban J connectivity index is 0.000000566. The van der Waals surface area contributed by atoms with E-state index in [0.717, 1.165) is 38.4 Å². The van der Waals surface area contributed by atoms with Gasteiger partial charge in [-0.1, -0.05) is 66.7 Å². The van der Waals surface area contributed by atoms with Gasteiger partial charge >= 0.3 is 12.1 Å². The van der Waals surface area contributed by atoms with Gasteiger partial charge in [-0.15, -0.1) is 0 Å². The third kappa shape index (κ3) is 7.61. The van der Waals surface area contributed by atoms with Gasteiger partial charge in [-0.05, 0) is 65.9 Å². The number of fused-ring (bicyclic) bond motifs is 2. The van der Waals surface area contributed by atoms with E-state index in [0.29, 0.717) is 17.7 Å². The van der Waals surface area contributed by atoms with E-state index in [1.54, 1.807) is 12.1 Å². The highest BCUT2D eigenvalue weighted by Crippen LogP contribution is 2.25. The summed E-state index contributed by atoms with van der Waals surface area (Å²) < 4.78 is 31.7. The van der Waals surface area contributed by atoms with Crippen LogP contribution in [0.15, 0.2) is 91.1 Å². The van der Waals surface area contributed by atoms with Gasteiger partial charge in [0.1, 0.15) is 0 Å². The molecule has 0 unspecified atom stereocenters. The first-order valence-electron chi connectivity index (χ1n) is 13.7. The molecular weight excluding hydrogens is 573 g/mol. The van der Waals surface area contributed by atoms with Crippen LogP contribution in [0.1, 0.15) is 40.0 Å². The third-order valence-electron chi connectivity index (χ3n) is 7.08. The van der Waals surface area contributed by atoms with Crippen LogP contribution < -0.4 is 16.4 Å². The average Bonchev–Trinajstić information content (AvgIpc) is 3.40. The van der Waals surface area contributed by atoms with Gasteiger partial charge in [0.2, 0.25) is 5.91 Å². The van der Waals surface area contributed by atoms with Crippen LogP contribution in [0.25, 0.3) is 21.7 Å². The highest BCUT2D eigenvalue weighted by atomic mass is 19.4. The summed E-state index contributed by atoms with van der Waals surface area (Å²) in [5, 5.41) is 16.4. The molecule has 0 spiro atoms. The van der Waals surface area contributed by atoms with Crippen molar-refractivity contribution in [1.29, 1.82) is 0 Å². The number of aryl methyl sites for hydroxylation is 1. The number of nitrogens with two attached hydrogens (primary N) is 1. The SMILES string of the molecule is Cc1ccc(NC(=O)[C@@H](N)Cc2c[nH]c3ccccc23)cc1C(=O)N[C@H](C)c1cccc2ccccc12.O=C(O)C(F)(F)F. The van der Waals surface area contributed by atoms with Gasteiger partial charge in [0, 0.05) is 28.4 Å². The van der Waals surface area contributed by atoms with Gasteiger partial charge < -0.3 is 26.5 Å². The fraction of sp³-hybridized carbons (Fsp3) is 0.182. The largest absolute Gasteiger partial charge is 0.490 e. The average molecular weight is 605 g/mol. The van der Waals surface area contributed by atoms with Crippen LogP contribution in [-0.4, -0.2) is 40.1 Å². The first kappa shape index (κ1) is 31.8. The summed E-state index contributed by atoms with van der Waals surface area (Å²) in [6, 6.07) is 26.6. The van der Waals surface area contributed by atoms with Crippen molar-refractivity contribution in [3.8, 4) is 0 Å². The molecule has 0 bridgehead atoms. The number of nitrogens with one attached hydrogen (secondary N) is 3. The molecule has 44 heavy (non-hydrogen) atoms. The number of carbonyl (C=O) groups is 3. The number of carboxylic acids is 1. The van der Waals surface area contributed by atoms with E-state index in [1.807, 2.05) is 74.6 Å². The number of hydrogen-bond donors (Lipinski definition) is 5. The summed E-state index contributed by atoms with van der Waals surface area (Å²) in [6.45, 7) is 3.86. The molecule has 6 N–H and O–H groups in total. The van der Waals surface area contributed by atoms with Crippen LogP contribution in [0.4, 0.5) is 18.9 Å². The number of rotatable bonds is 7. The Morgan fingerprint density at radius 1 is 0.932 bits per heavy atom. The molecule has 4 aromatic carbocycles. The highest BCUT2D eigenvalue weighted by molar-refractivity contribution is 6.00. The number of carboxylic acid groups (broad SMARTS) is 1. The van der Waals surface area contributed by atoms with E-state index in [-0.39, 0.29) is 17.9 Å². The number of halogens is 3. The summed E-state index contributed by atoms with van der Waals surface area (Å²) in [5.74, 6) is -3.26. The molecule has 0 saturated heterocycles. The molecule has 2 atom stereocenters. The van der Waals surface area contributed by atoms with Gasteiger partial charge in [0.05, 0.1) is 12.1 Å². The quantitative estimate of drug-likeness (QED) is 0.149. The molecule has 11 heteroatoms. The minimum atomic E-state index is -5.08. The number of amides is 2. The van der Waals surface area contributed by atoms with Crippen molar-refractivity contribution in [1.82, 2.24) is 10.3 Å². The summed E-state index contributed by atoms with van der Waals surface area (Å²) in [7, 11) is 0. The van der Waals surface area contributed by atoms with Crippen molar-refractivity contribution in [2.75, 3.05) is 5.32 Å². The first-order chi connectivity index (χ1) is 20.8. The molecular formula is C33H31F3N4O4. The number of H-pyrrole nitrogens is 1. The van der Waals surface area contributed by atoms with Gasteiger partial charge in [-0.3, -0.25) is 9.59 Å². The number of carbonyl (C=O) groups excluding carboxylic acids is 2. The summed E-state index contributed by atoms with van der Waals surface area (Å²) >= 11 is 0. The molecule has 0 fully saturated rings. The fourth-order valence-corrected chi connectivity index (χ4v) is 4.79. The molecule has 1 aromatic heterocycles. The zero-order valence-electron chi connectivity index (χ0n) is 23.9. The van der Waals surface area contributed by atoms with E-state index in [1.165, 1.54) is 0 Å². The number of aromatic nitrogens is 1. The molecule has 1 heterocycles. The van der Waals surface area contributed by atoms with Crippen LogP contribution in [0.3, 0.4) is 0 Å². The van der Waals surface area contributed by atoms with Crippen LogP contribution in [0, 0.1) is 6.92 Å². The third-order valence-corrected chi connectivity index (χ3v) is 7.08. The van der Waals surface area contributed by atoms with E-state index in [2.05, 4.69) is 33.8 Å². The van der Waals surface area contributed by atoms with E-state index in [4.69, 9.17) is 15.6 Å². The standard InChI is InChI=1S/C31H30N4O2.C2HF3O2/c1-19-14-15-23(35-31(37)28(32)16-22-18-33-29-13-6-5-11-26(22)29)17-27(19)30(36)34-20(2)24-12-7-9-21-8-3-4-10-25(21)24;3-2(4,5)1(6)7/h3-15,17-18,20,28,33H,16,32H2,1-2H3,(H,34,36)(H,35,37);(H,6,7)/t20-,28+;/m1./s1. The van der Waals surface area contributed by atoms with E-state index < -0.39 is 18.2 Å². The number of benzene rings is 4. The Bertz CT molecular complexity index is 1810. The Kier molecular flexibility index (Phi) is 9.70. The van der Waals surface area contributed by atoms with Crippen molar-refractivity contribution in [3.05, 3.63) is 113 Å². The van der Waals surface area contributed by atoms with Crippen molar-refractivity contribution >= 4 is 45.1 Å². The Morgan fingerprint density at radius 2 is 1.57 bits per heavy atom. The summed E-state index contributed by atoms with van der Waals surface area (Å²) in [4.78, 5) is 38.2. The van der Waals surface area contributed by atoms with E-state index in [9.17, 15) is 22.8 Å². The second kappa shape index (κ2) is 13.4. The predicted octanol–water partition coefficient (Wildman–Crippen LogP) is 6.26. The minimum Gasteiger partial charge on any atom is -0.475 e. The minimum absolute atomic E-state index is 0.194. The van der Waals surface area contributed by atoms with Crippen molar-refractivity contribution in [2.24, 2.45) is 5.73 Å². The maximum Gasteiger partial charge on any atom is 0.490 e. The zero-order chi connectivity index (χ0) is 32.0. The lowest BCUT2D eigenvalue weighted by Gasteiger charge is -2.18. The smallest absolute Gasteiger partial charge is 0.475 e. The normalized spacial score (nSPS) is 12.6. The van der Waals surface area contributed by atoms with E-state index >= 15 is 0 Å². The van der Waals surface area contributed by atoms with Crippen LogP contribution in [-0.2, 0) is 16.0 Å². The predicted molar refractivity (Wildman–Crippen MR) is 163 cm³/mol. The molecule has 0 aliphatic heterocycles. The Hall–Kier alpha value is -5.16. The molecule has 0 aliphatic carbocycles. The number of hydrogen-bond acceptors (Lipinski definition) is 4. The summed E-state index contributed by atoms with van der Waals surface area (Å²) in [5.41, 5.74) is 11.2. The molecule has 0 radical (unpaired) electrons. The molecule has 5 aromatic rings. The van der Waals surface area contributed by atoms with Crippen LogP contribution in [0.2, 0.25) is 0 Å². The Labute approximate surface area is 251 Å². The Morgan fingerprint density at radius 3 is 2.27 bits per heavy atom. The van der Waals surface area contributed by atoms with Gasteiger partial charge in [-0.2, -0.15) is 13.2 Å². The molecule has 5 rings (SSSR count). The van der Waals surface area contributed by atoms with Gasteiger partial charge in [-0.25, -0.2) is 4.79 Å². The van der Waals surface area contributed by atoms with Crippen molar-refractivity contribution in [3.63, 3.8) is 0 Å². The molecule has 0 aliphatic rings. The molecule has 2 amide bonds. The summed E-state index contributed by atoms with van der Waals surface area (Å²) in [6.07, 6.45) is -2.79. The van der Waals surface area contributed by atoms with Gasteiger partial charge in [0.25, 0.3) is 5.91 Å². The van der Waals surface area contributed by atoms with Crippen LogP contribution >= 0.6 is 0 Å². The lowest BCUT2D eigenvalue weighted by atomic mass is 9.99. The monoisotopic (exact) mass is 604 g/mol. The van der Waals surface area contributed by atoms with Crippen molar-refractivity contribution < 1.29 is 32.7 Å². The lowest BCUT2D eigenvalue weighted by molar-refractivity contribution is -0.192. The number of para-hydroxylation sites is 1. The van der Waals surface area contributed by atoms with Crippen molar-refractivity contribution in [2.45, 2.75) is 38.5 Å². The maximum absolute atomic E-state index is 13.2. The number of aromatic amines is 1. The highest BCUT2D eigenvalue weighted by Gasteiger charge is 2.38.